The summed E-state index contributed by atoms with van der Waals surface area (Å²) in [5.74, 6) is 0.214. The lowest BCUT2D eigenvalue weighted by atomic mass is 10.2. The first kappa shape index (κ1) is 15.7. The zero-order valence-electron chi connectivity index (χ0n) is 12.3. The van der Waals surface area contributed by atoms with E-state index in [9.17, 15) is 9.59 Å². The number of nitrogens with one attached hydrogen (secondary N) is 1. The van der Waals surface area contributed by atoms with Crippen LogP contribution in [0.5, 0.6) is 0 Å². The molecule has 0 aliphatic carbocycles. The largest absolute Gasteiger partial charge is 0.449 e. The van der Waals surface area contributed by atoms with E-state index in [1.807, 2.05) is 13.8 Å². The Balaban J connectivity index is 1.83. The Labute approximate surface area is 129 Å². The number of halogens is 1. The van der Waals surface area contributed by atoms with Crippen LogP contribution in [0.4, 0.5) is 4.79 Å². The second kappa shape index (κ2) is 6.85. The fourth-order valence-corrected chi connectivity index (χ4v) is 2.25. The third kappa shape index (κ3) is 4.14. The summed E-state index contributed by atoms with van der Waals surface area (Å²) < 4.78 is 5.19. The van der Waals surface area contributed by atoms with Crippen molar-refractivity contribution in [2.45, 2.75) is 13.8 Å². The summed E-state index contributed by atoms with van der Waals surface area (Å²) in [6.07, 6.45) is 1.27. The van der Waals surface area contributed by atoms with Gasteiger partial charge in [0.25, 0.3) is 5.91 Å². The van der Waals surface area contributed by atoms with E-state index >= 15 is 0 Å². The van der Waals surface area contributed by atoms with Crippen molar-refractivity contribution in [3.8, 4) is 0 Å². The van der Waals surface area contributed by atoms with E-state index in [0.717, 1.165) is 0 Å². The number of hydrogen-bond donors (Lipinski definition) is 1. The number of carbonyl (C=O) groups excluding carboxylic acids is 2. The zero-order valence-corrected chi connectivity index (χ0v) is 13.0. The molecule has 2 rings (SSSR count). The van der Waals surface area contributed by atoms with Crippen LogP contribution in [0.1, 0.15) is 24.3 Å². The average molecular weight is 314 g/mol. The highest BCUT2D eigenvalue weighted by atomic mass is 35.5. The van der Waals surface area contributed by atoms with Crippen molar-refractivity contribution in [1.82, 2.24) is 14.8 Å². The second-order valence-electron chi connectivity index (χ2n) is 5.48. The SMILES string of the molecule is CC(C)COC(=O)N1CCN(C(=O)c2cc(Cl)c[nH]2)CC1. The maximum absolute atomic E-state index is 12.2. The van der Waals surface area contributed by atoms with Crippen molar-refractivity contribution in [3.63, 3.8) is 0 Å². The lowest BCUT2D eigenvalue weighted by molar-refractivity contribution is 0.0532. The number of piperazine rings is 1. The molecule has 0 radical (unpaired) electrons. The van der Waals surface area contributed by atoms with Crippen molar-refractivity contribution in [2.75, 3.05) is 32.8 Å². The van der Waals surface area contributed by atoms with Crippen molar-refractivity contribution in [1.29, 1.82) is 0 Å². The van der Waals surface area contributed by atoms with Gasteiger partial charge in [0.15, 0.2) is 0 Å². The number of hydrogen-bond acceptors (Lipinski definition) is 3. The van der Waals surface area contributed by atoms with Crippen molar-refractivity contribution in [2.24, 2.45) is 5.92 Å². The zero-order chi connectivity index (χ0) is 15.4. The molecule has 1 saturated heterocycles. The molecule has 6 nitrogen and oxygen atoms in total. The minimum atomic E-state index is -0.307. The molecule has 1 aromatic rings. The van der Waals surface area contributed by atoms with E-state index in [0.29, 0.717) is 49.4 Å². The molecule has 0 aromatic carbocycles. The highest BCUT2D eigenvalue weighted by molar-refractivity contribution is 6.30. The Hall–Kier alpha value is -1.69. The fraction of sp³-hybridized carbons (Fsp3) is 0.571. The number of nitrogens with zero attached hydrogens (tertiary/aromatic N) is 2. The van der Waals surface area contributed by atoms with E-state index < -0.39 is 0 Å². The molecule has 1 N–H and O–H groups in total. The Morgan fingerprint density at radius 1 is 1.29 bits per heavy atom. The summed E-state index contributed by atoms with van der Waals surface area (Å²) in [5, 5.41) is 0.509. The molecule has 2 amide bonds. The van der Waals surface area contributed by atoms with Crippen LogP contribution < -0.4 is 0 Å². The summed E-state index contributed by atoms with van der Waals surface area (Å²) in [4.78, 5) is 30.2. The molecule has 1 fully saturated rings. The summed E-state index contributed by atoms with van der Waals surface area (Å²) in [6, 6.07) is 1.60. The predicted molar refractivity (Wildman–Crippen MR) is 79.5 cm³/mol. The predicted octanol–water partition coefficient (Wildman–Crippen LogP) is 2.22. The fourth-order valence-electron chi connectivity index (χ4n) is 2.08. The lowest BCUT2D eigenvalue weighted by Gasteiger charge is -2.34. The Morgan fingerprint density at radius 2 is 1.90 bits per heavy atom. The highest BCUT2D eigenvalue weighted by Crippen LogP contribution is 2.13. The van der Waals surface area contributed by atoms with Crippen molar-refractivity contribution >= 4 is 23.6 Å². The number of ether oxygens (including phenoxy) is 1. The van der Waals surface area contributed by atoms with Gasteiger partial charge in [0, 0.05) is 32.4 Å². The van der Waals surface area contributed by atoms with Crippen LogP contribution >= 0.6 is 11.6 Å². The van der Waals surface area contributed by atoms with Gasteiger partial charge in [-0.2, -0.15) is 0 Å². The van der Waals surface area contributed by atoms with Gasteiger partial charge in [-0.3, -0.25) is 4.79 Å². The number of carbonyl (C=O) groups is 2. The molecular formula is C14H20ClN3O3. The molecule has 1 aliphatic rings. The molecule has 0 atom stereocenters. The first-order valence-corrected chi connectivity index (χ1v) is 7.40. The van der Waals surface area contributed by atoms with Gasteiger partial charge in [-0.05, 0) is 12.0 Å². The van der Waals surface area contributed by atoms with Crippen molar-refractivity contribution < 1.29 is 14.3 Å². The Bertz CT molecular complexity index is 507. The van der Waals surface area contributed by atoms with Crippen LogP contribution in [-0.4, -0.2) is 59.6 Å². The summed E-state index contributed by atoms with van der Waals surface area (Å²) >= 11 is 5.80. The molecule has 0 unspecified atom stereocenters. The third-order valence-electron chi connectivity index (χ3n) is 3.24. The van der Waals surface area contributed by atoms with Crippen LogP contribution in [0.15, 0.2) is 12.3 Å². The maximum atomic E-state index is 12.2. The van der Waals surface area contributed by atoms with Crippen LogP contribution in [0.2, 0.25) is 5.02 Å². The number of aromatic amines is 1. The summed E-state index contributed by atoms with van der Waals surface area (Å²) in [6.45, 7) is 6.35. The van der Waals surface area contributed by atoms with Gasteiger partial charge in [0.2, 0.25) is 0 Å². The summed E-state index contributed by atoms with van der Waals surface area (Å²) in [5.41, 5.74) is 0.468. The van der Waals surface area contributed by atoms with Gasteiger partial charge in [-0.1, -0.05) is 25.4 Å². The van der Waals surface area contributed by atoms with Crippen LogP contribution in [0.25, 0.3) is 0 Å². The molecule has 2 heterocycles. The van der Waals surface area contributed by atoms with E-state index in [-0.39, 0.29) is 12.0 Å². The van der Waals surface area contributed by atoms with Gasteiger partial charge in [0.1, 0.15) is 5.69 Å². The molecule has 21 heavy (non-hydrogen) atoms. The molecule has 0 bridgehead atoms. The van der Waals surface area contributed by atoms with Gasteiger partial charge in [0.05, 0.1) is 11.6 Å². The van der Waals surface area contributed by atoms with E-state index in [1.165, 1.54) is 0 Å². The van der Waals surface area contributed by atoms with Gasteiger partial charge in [-0.25, -0.2) is 4.79 Å². The van der Waals surface area contributed by atoms with Crippen LogP contribution in [-0.2, 0) is 4.74 Å². The Kier molecular flexibility index (Phi) is 5.12. The van der Waals surface area contributed by atoms with Crippen LogP contribution in [0.3, 0.4) is 0 Å². The molecule has 0 saturated carbocycles. The summed E-state index contributed by atoms with van der Waals surface area (Å²) in [7, 11) is 0. The topological polar surface area (TPSA) is 65.6 Å². The standard InChI is InChI=1S/C14H20ClN3O3/c1-10(2)9-21-14(20)18-5-3-17(4-6-18)13(19)12-7-11(15)8-16-12/h7-8,10,16H,3-6,9H2,1-2H3. The van der Waals surface area contributed by atoms with Crippen LogP contribution in [0, 0.1) is 5.92 Å². The highest BCUT2D eigenvalue weighted by Gasteiger charge is 2.26. The minimum absolute atomic E-state index is 0.0999. The van der Waals surface area contributed by atoms with Crippen molar-refractivity contribution in [3.05, 3.63) is 23.0 Å². The molecule has 0 spiro atoms. The molecular weight excluding hydrogens is 294 g/mol. The number of rotatable bonds is 3. The molecule has 1 aliphatic heterocycles. The molecule has 116 valence electrons. The Morgan fingerprint density at radius 3 is 2.43 bits per heavy atom. The van der Waals surface area contributed by atoms with E-state index in [4.69, 9.17) is 16.3 Å². The maximum Gasteiger partial charge on any atom is 0.409 e. The van der Waals surface area contributed by atoms with Gasteiger partial charge >= 0.3 is 6.09 Å². The second-order valence-corrected chi connectivity index (χ2v) is 5.92. The first-order chi connectivity index (χ1) is 9.97. The normalized spacial score (nSPS) is 15.4. The molecule has 7 heteroatoms. The first-order valence-electron chi connectivity index (χ1n) is 7.02. The lowest BCUT2D eigenvalue weighted by Crippen LogP contribution is -2.50. The number of amides is 2. The average Bonchev–Trinajstić information content (AvgIpc) is 2.90. The third-order valence-corrected chi connectivity index (χ3v) is 3.46. The van der Waals surface area contributed by atoms with E-state index in [2.05, 4.69) is 4.98 Å². The molecule has 1 aromatic heterocycles. The quantitative estimate of drug-likeness (QED) is 0.930. The number of H-pyrrole nitrogens is 1. The number of aromatic nitrogens is 1. The van der Waals surface area contributed by atoms with Gasteiger partial charge < -0.3 is 19.5 Å². The minimum Gasteiger partial charge on any atom is -0.449 e. The van der Waals surface area contributed by atoms with E-state index in [1.54, 1.807) is 22.1 Å². The van der Waals surface area contributed by atoms with Gasteiger partial charge in [-0.15, -0.1) is 0 Å². The smallest absolute Gasteiger partial charge is 0.409 e. The monoisotopic (exact) mass is 313 g/mol.